The number of hydrogen-bond acceptors (Lipinski definition) is 2. The van der Waals surface area contributed by atoms with Crippen LogP contribution in [0, 0.1) is 0 Å². The molecule has 6 heteroatoms. The number of primary amides is 1. The molecular weight excluding hydrogens is 219 g/mol. The van der Waals surface area contributed by atoms with E-state index < -0.39 is 6.03 Å². The molecule has 0 aliphatic carbocycles. The molecule has 0 atom stereocenters. The Balaban J connectivity index is 0. The van der Waals surface area contributed by atoms with E-state index in [1.54, 1.807) is 24.3 Å². The normalized spacial score (nSPS) is 8.69. The third-order valence-corrected chi connectivity index (χ3v) is 2.15. The maximum atomic E-state index is 10.3. The molecule has 0 aromatic heterocycles. The van der Waals surface area contributed by atoms with Gasteiger partial charge in [0.1, 0.15) is 0 Å². The van der Waals surface area contributed by atoms with E-state index in [1.165, 1.54) is 0 Å². The van der Waals surface area contributed by atoms with Gasteiger partial charge < -0.3 is 7.16 Å². The number of hydrogen-bond donors (Lipinski definition) is 2. The molecule has 1 aromatic rings. The Morgan fingerprint density at radius 3 is 2.46 bits per heavy atom. The summed E-state index contributed by atoms with van der Waals surface area (Å²) in [7, 11) is 0. The van der Waals surface area contributed by atoms with Crippen molar-refractivity contribution in [3.05, 3.63) is 29.3 Å². The SMILES string of the molecule is NC(=O)NSc1ccc(Cl)cc1.[H-].[Na+]. The van der Waals surface area contributed by atoms with Crippen LogP contribution in [0.15, 0.2) is 29.2 Å². The summed E-state index contributed by atoms with van der Waals surface area (Å²) in [6, 6.07) is 6.51. The first kappa shape index (κ1) is 13.1. The Morgan fingerprint density at radius 2 is 2.00 bits per heavy atom. The molecule has 2 amide bonds. The second kappa shape index (κ2) is 6.56. The van der Waals surface area contributed by atoms with Crippen LogP contribution in [0.5, 0.6) is 0 Å². The van der Waals surface area contributed by atoms with Gasteiger partial charge in [0.15, 0.2) is 0 Å². The second-order valence-corrected chi connectivity index (χ2v) is 3.34. The fourth-order valence-corrected chi connectivity index (χ4v) is 1.23. The van der Waals surface area contributed by atoms with Crippen LogP contribution in [0.3, 0.4) is 0 Å². The summed E-state index contributed by atoms with van der Waals surface area (Å²) >= 11 is 6.81. The van der Waals surface area contributed by atoms with Gasteiger partial charge in [0.25, 0.3) is 0 Å². The van der Waals surface area contributed by atoms with Gasteiger partial charge in [-0.1, -0.05) is 11.6 Å². The molecule has 0 fully saturated rings. The minimum Gasteiger partial charge on any atom is -1.00 e. The van der Waals surface area contributed by atoms with Crippen LogP contribution in [0.4, 0.5) is 4.79 Å². The van der Waals surface area contributed by atoms with Crippen LogP contribution < -0.4 is 40.0 Å². The van der Waals surface area contributed by atoms with Crippen LogP contribution in [0.2, 0.25) is 5.02 Å². The van der Waals surface area contributed by atoms with Crippen molar-refractivity contribution in [2.75, 3.05) is 0 Å². The summed E-state index contributed by atoms with van der Waals surface area (Å²) in [5.41, 5.74) is 4.87. The Morgan fingerprint density at radius 1 is 1.46 bits per heavy atom. The summed E-state index contributed by atoms with van der Waals surface area (Å²) < 4.78 is 2.39. The van der Waals surface area contributed by atoms with Crippen LogP contribution in [-0.4, -0.2) is 6.03 Å². The van der Waals surface area contributed by atoms with Crippen molar-refractivity contribution in [1.82, 2.24) is 4.72 Å². The largest absolute Gasteiger partial charge is 1.00 e. The molecule has 0 saturated carbocycles. The zero-order chi connectivity index (χ0) is 8.97. The van der Waals surface area contributed by atoms with Crippen molar-refractivity contribution in [3.63, 3.8) is 0 Å². The zero-order valence-corrected chi connectivity index (χ0v) is 10.7. The number of nitrogens with one attached hydrogen (secondary N) is 1. The summed E-state index contributed by atoms with van der Waals surface area (Å²) in [6.45, 7) is 0. The van der Waals surface area contributed by atoms with Crippen molar-refractivity contribution in [3.8, 4) is 0 Å². The Kier molecular flexibility index (Phi) is 6.63. The molecule has 0 radical (unpaired) electrons. The Labute approximate surface area is 109 Å². The number of carbonyl (C=O) groups is 1. The summed E-state index contributed by atoms with van der Waals surface area (Å²) in [5.74, 6) is 0. The molecule has 0 bridgehead atoms. The first-order valence-electron chi connectivity index (χ1n) is 3.16. The minimum absolute atomic E-state index is 0. The van der Waals surface area contributed by atoms with Gasteiger partial charge in [-0.05, 0) is 36.2 Å². The van der Waals surface area contributed by atoms with E-state index in [2.05, 4.69) is 4.72 Å². The molecule has 0 aliphatic heterocycles. The van der Waals surface area contributed by atoms with Crippen molar-refractivity contribution in [2.24, 2.45) is 5.73 Å². The Bertz CT molecular complexity index is 286. The number of rotatable bonds is 2. The zero-order valence-electron chi connectivity index (χ0n) is 8.08. The fourth-order valence-electron chi connectivity index (χ4n) is 0.612. The standard InChI is InChI=1S/C7H7ClN2OS.Na.H/c8-5-1-3-6(4-2-5)12-10-7(9)11;;/h1-4H,(H3,9,10,11);;/q;+1;-1. The molecule has 3 N–H and O–H groups in total. The van der Waals surface area contributed by atoms with Gasteiger partial charge >= 0.3 is 35.6 Å². The molecule has 0 heterocycles. The molecule has 0 spiro atoms. The van der Waals surface area contributed by atoms with E-state index in [4.69, 9.17) is 17.3 Å². The van der Waals surface area contributed by atoms with Crippen LogP contribution in [0.1, 0.15) is 1.43 Å². The van der Waals surface area contributed by atoms with Gasteiger partial charge in [-0.25, -0.2) is 4.79 Å². The van der Waals surface area contributed by atoms with Gasteiger partial charge in [0.05, 0.1) is 0 Å². The molecule has 0 saturated heterocycles. The fraction of sp³-hybridized carbons (Fsp3) is 0. The van der Waals surface area contributed by atoms with E-state index in [1.807, 2.05) is 0 Å². The van der Waals surface area contributed by atoms with E-state index in [9.17, 15) is 4.79 Å². The molecule has 0 aliphatic rings. The number of benzene rings is 1. The minimum atomic E-state index is -0.560. The quantitative estimate of drug-likeness (QED) is 0.509. The molecule has 0 unspecified atom stereocenters. The van der Waals surface area contributed by atoms with Gasteiger partial charge in [-0.2, -0.15) is 0 Å². The average Bonchev–Trinajstić information content (AvgIpc) is 2.03. The van der Waals surface area contributed by atoms with Crippen molar-refractivity contribution in [2.45, 2.75) is 4.90 Å². The van der Waals surface area contributed by atoms with Crippen LogP contribution >= 0.6 is 23.5 Å². The number of urea groups is 1. The molecule has 13 heavy (non-hydrogen) atoms. The molecule has 3 nitrogen and oxygen atoms in total. The van der Waals surface area contributed by atoms with E-state index in [-0.39, 0.29) is 31.0 Å². The smallest absolute Gasteiger partial charge is 1.00 e. The van der Waals surface area contributed by atoms with Gasteiger partial charge in [0.2, 0.25) is 0 Å². The third-order valence-electron chi connectivity index (χ3n) is 1.08. The van der Waals surface area contributed by atoms with Crippen molar-refractivity contribution in [1.29, 1.82) is 0 Å². The first-order valence-corrected chi connectivity index (χ1v) is 4.36. The van der Waals surface area contributed by atoms with Gasteiger partial charge in [-0.3, -0.25) is 4.72 Å². The van der Waals surface area contributed by atoms with Crippen molar-refractivity contribution >= 4 is 29.6 Å². The van der Waals surface area contributed by atoms with E-state index >= 15 is 0 Å². The average molecular weight is 227 g/mol. The maximum Gasteiger partial charge on any atom is 1.00 e. The maximum absolute atomic E-state index is 10.3. The van der Waals surface area contributed by atoms with E-state index in [0.29, 0.717) is 5.02 Å². The second-order valence-electron chi connectivity index (χ2n) is 2.02. The summed E-state index contributed by atoms with van der Waals surface area (Å²) in [4.78, 5) is 11.2. The first-order chi connectivity index (χ1) is 5.68. The predicted octanol–water partition coefficient (Wildman–Crippen LogP) is -0.868. The Hall–Kier alpha value is 0.130. The molecule has 66 valence electrons. The predicted molar refractivity (Wildman–Crippen MR) is 51.1 cm³/mol. The number of amides is 2. The molecular formula is C7H8ClN2NaOS. The number of halogens is 1. The summed E-state index contributed by atoms with van der Waals surface area (Å²) in [6.07, 6.45) is 0. The number of nitrogens with two attached hydrogens (primary N) is 1. The number of carbonyl (C=O) groups excluding carboxylic acids is 1. The summed E-state index contributed by atoms with van der Waals surface area (Å²) in [5, 5.41) is 0.665. The van der Waals surface area contributed by atoms with Crippen LogP contribution in [-0.2, 0) is 0 Å². The third kappa shape index (κ3) is 5.44. The van der Waals surface area contributed by atoms with Crippen molar-refractivity contribution < 1.29 is 35.8 Å². The monoisotopic (exact) mass is 226 g/mol. The topological polar surface area (TPSA) is 55.1 Å². The van der Waals surface area contributed by atoms with Crippen LogP contribution in [0.25, 0.3) is 0 Å². The molecule has 1 aromatic carbocycles. The van der Waals surface area contributed by atoms with Gasteiger partial charge in [0, 0.05) is 9.92 Å². The van der Waals surface area contributed by atoms with E-state index in [0.717, 1.165) is 16.8 Å². The van der Waals surface area contributed by atoms with Gasteiger partial charge in [-0.15, -0.1) is 0 Å². The molecule has 1 rings (SSSR count).